The number of halogens is 6. The van der Waals surface area contributed by atoms with Gasteiger partial charge in [-0.05, 0) is 89.4 Å². The molecule has 1 aliphatic rings. The Morgan fingerprint density at radius 3 is 1.11 bits per heavy atom. The zero-order valence-corrected chi connectivity index (χ0v) is 19.0. The van der Waals surface area contributed by atoms with Crippen LogP contribution in [0.25, 0.3) is 0 Å². The van der Waals surface area contributed by atoms with Crippen LogP contribution in [0.4, 0.5) is 0 Å². The van der Waals surface area contributed by atoms with E-state index in [-0.39, 0.29) is 0 Å². The van der Waals surface area contributed by atoms with Crippen LogP contribution in [0.15, 0.2) is 26.9 Å². The van der Waals surface area contributed by atoms with E-state index in [2.05, 4.69) is 95.6 Å². The molecule has 102 valence electrons. The Morgan fingerprint density at radius 2 is 0.778 bits per heavy atom. The molecule has 0 spiro atoms. The van der Waals surface area contributed by atoms with Crippen molar-refractivity contribution >= 4 is 95.6 Å². The lowest BCUT2D eigenvalue weighted by Crippen LogP contribution is -1.89. The maximum absolute atomic E-state index is 3.65. The highest BCUT2D eigenvalue weighted by Gasteiger charge is 2.14. The third-order valence-electron chi connectivity index (χ3n) is 2.60. The van der Waals surface area contributed by atoms with Crippen molar-refractivity contribution in [1.82, 2.24) is 0 Å². The minimum absolute atomic E-state index is 1.01. The number of hydrogen-bond donors (Lipinski definition) is 0. The van der Waals surface area contributed by atoms with Crippen molar-refractivity contribution in [2.45, 2.75) is 38.5 Å². The van der Waals surface area contributed by atoms with Gasteiger partial charge >= 0.3 is 0 Å². The Labute approximate surface area is 159 Å². The van der Waals surface area contributed by atoms with E-state index in [1.165, 1.54) is 34.6 Å². The van der Waals surface area contributed by atoms with Crippen molar-refractivity contribution in [1.29, 1.82) is 0 Å². The molecule has 0 fully saturated rings. The minimum Gasteiger partial charge on any atom is -0.0544 e. The molecule has 0 atom stereocenters. The SMILES string of the molecule is BrC1=C(Br)C(Br)=C(Br)/C(Br)=C(\Br)CCCCCC1. The van der Waals surface area contributed by atoms with Crippen molar-refractivity contribution < 1.29 is 0 Å². The van der Waals surface area contributed by atoms with Gasteiger partial charge in [0.2, 0.25) is 0 Å². The highest BCUT2D eigenvalue weighted by atomic mass is 79.9. The molecule has 0 heterocycles. The molecular formula is C12H12Br6. The molecule has 0 bridgehead atoms. The Balaban J connectivity index is 3.19. The van der Waals surface area contributed by atoms with E-state index in [0.717, 1.165) is 30.8 Å². The zero-order chi connectivity index (χ0) is 13.7. The van der Waals surface area contributed by atoms with Gasteiger partial charge in [0.25, 0.3) is 0 Å². The van der Waals surface area contributed by atoms with Gasteiger partial charge in [-0.15, -0.1) is 0 Å². The van der Waals surface area contributed by atoms with Crippen LogP contribution in [0.3, 0.4) is 0 Å². The molecule has 18 heavy (non-hydrogen) atoms. The molecule has 6 heteroatoms. The first-order valence-electron chi connectivity index (χ1n) is 5.59. The maximum atomic E-state index is 3.65. The fourth-order valence-corrected chi connectivity index (χ4v) is 5.25. The summed E-state index contributed by atoms with van der Waals surface area (Å²) in [5.74, 6) is 0. The van der Waals surface area contributed by atoms with Crippen LogP contribution in [0.1, 0.15) is 38.5 Å². The summed E-state index contributed by atoms with van der Waals surface area (Å²) < 4.78 is 6.54. The van der Waals surface area contributed by atoms with Crippen molar-refractivity contribution in [3.63, 3.8) is 0 Å². The van der Waals surface area contributed by atoms with Crippen LogP contribution in [-0.2, 0) is 0 Å². The van der Waals surface area contributed by atoms with E-state index in [1.807, 2.05) is 0 Å². The Bertz CT molecular complexity index is 367. The van der Waals surface area contributed by atoms with E-state index in [9.17, 15) is 0 Å². The van der Waals surface area contributed by atoms with Crippen LogP contribution in [0.5, 0.6) is 0 Å². The highest BCUT2D eigenvalue weighted by Crippen LogP contribution is 2.42. The van der Waals surface area contributed by atoms with Crippen molar-refractivity contribution in [2.24, 2.45) is 0 Å². The van der Waals surface area contributed by atoms with Gasteiger partial charge in [0.1, 0.15) is 0 Å². The number of allylic oxidation sites excluding steroid dienone is 6. The van der Waals surface area contributed by atoms with Crippen LogP contribution in [-0.4, -0.2) is 0 Å². The van der Waals surface area contributed by atoms with E-state index >= 15 is 0 Å². The quantitative estimate of drug-likeness (QED) is 0.251. The van der Waals surface area contributed by atoms with Crippen LogP contribution < -0.4 is 0 Å². The number of hydrogen-bond acceptors (Lipinski definition) is 0. The summed E-state index contributed by atoms with van der Waals surface area (Å²) in [6.45, 7) is 0. The van der Waals surface area contributed by atoms with Gasteiger partial charge in [-0.1, -0.05) is 44.7 Å². The molecule has 0 aromatic rings. The first kappa shape index (κ1) is 18.1. The van der Waals surface area contributed by atoms with Gasteiger partial charge in [0, 0.05) is 26.9 Å². The number of rotatable bonds is 0. The second-order valence-electron chi connectivity index (χ2n) is 3.98. The molecule has 0 saturated carbocycles. The standard InChI is InChI=1S/C12H12Br6/c13-7-5-3-1-2-4-6-8(14)10(16)12(18)11(17)9(7)15/h1-6H2/b9-7+,10-8?,12-11?. The largest absolute Gasteiger partial charge is 0.0544 e. The fourth-order valence-electron chi connectivity index (χ4n) is 1.56. The molecule has 0 amide bonds. The van der Waals surface area contributed by atoms with Gasteiger partial charge in [0.15, 0.2) is 0 Å². The molecule has 0 saturated heterocycles. The Hall–Kier alpha value is 2.10. The summed E-state index contributed by atoms with van der Waals surface area (Å²) in [7, 11) is 0. The summed E-state index contributed by atoms with van der Waals surface area (Å²) in [4.78, 5) is 0. The lowest BCUT2D eigenvalue weighted by Gasteiger charge is -2.11. The molecule has 1 aliphatic carbocycles. The van der Waals surface area contributed by atoms with Crippen LogP contribution in [0.2, 0.25) is 0 Å². The highest BCUT2D eigenvalue weighted by molar-refractivity contribution is 9.18. The average Bonchev–Trinajstić information content (AvgIpc) is 2.37. The average molecular weight is 636 g/mol. The molecule has 1 rings (SSSR count). The predicted molar refractivity (Wildman–Crippen MR) is 102 cm³/mol. The van der Waals surface area contributed by atoms with Gasteiger partial charge < -0.3 is 0 Å². The monoisotopic (exact) mass is 630 g/mol. The van der Waals surface area contributed by atoms with Crippen molar-refractivity contribution in [3.8, 4) is 0 Å². The molecule has 0 aromatic heterocycles. The Kier molecular flexibility index (Phi) is 9.26. The van der Waals surface area contributed by atoms with Gasteiger partial charge in [0.05, 0.1) is 0 Å². The third kappa shape index (κ3) is 5.47. The van der Waals surface area contributed by atoms with Crippen molar-refractivity contribution in [2.75, 3.05) is 0 Å². The summed E-state index contributed by atoms with van der Waals surface area (Å²) >= 11 is 21.8. The molecule has 0 N–H and O–H groups in total. The van der Waals surface area contributed by atoms with Crippen LogP contribution in [0, 0.1) is 0 Å². The van der Waals surface area contributed by atoms with E-state index in [4.69, 9.17) is 0 Å². The topological polar surface area (TPSA) is 0 Å². The molecule has 0 aliphatic heterocycles. The van der Waals surface area contributed by atoms with Gasteiger partial charge in [-0.3, -0.25) is 0 Å². The second kappa shape index (κ2) is 9.19. The minimum atomic E-state index is 1.01. The molecular weight excluding hydrogens is 624 g/mol. The summed E-state index contributed by atoms with van der Waals surface area (Å²) in [6, 6.07) is 0. The first-order valence-corrected chi connectivity index (χ1v) is 10.3. The summed E-state index contributed by atoms with van der Waals surface area (Å²) in [6.07, 6.45) is 7.12. The predicted octanol–water partition coefficient (Wildman–Crippen LogP) is 8.34. The zero-order valence-electron chi connectivity index (χ0n) is 9.51. The van der Waals surface area contributed by atoms with Crippen LogP contribution >= 0.6 is 95.6 Å². The lowest BCUT2D eigenvalue weighted by molar-refractivity contribution is 0.649. The summed E-state index contributed by atoms with van der Waals surface area (Å²) in [5, 5.41) is 0. The molecule has 0 aromatic carbocycles. The lowest BCUT2D eigenvalue weighted by atomic mass is 10.1. The Morgan fingerprint density at radius 1 is 0.444 bits per heavy atom. The fraction of sp³-hybridized carbons (Fsp3) is 0.500. The molecule has 0 unspecified atom stereocenters. The second-order valence-corrected chi connectivity index (χ2v) is 9.07. The maximum Gasteiger partial charge on any atom is 0.0479 e. The smallest absolute Gasteiger partial charge is 0.0479 e. The summed E-state index contributed by atoms with van der Waals surface area (Å²) in [5.41, 5.74) is 0. The first-order chi connectivity index (χ1) is 8.45. The normalized spacial score (nSPS) is 25.0. The van der Waals surface area contributed by atoms with Crippen molar-refractivity contribution in [3.05, 3.63) is 26.9 Å². The van der Waals surface area contributed by atoms with Gasteiger partial charge in [-0.2, -0.15) is 0 Å². The molecule has 0 nitrogen and oxygen atoms in total. The molecule has 0 radical (unpaired) electrons. The van der Waals surface area contributed by atoms with E-state index in [0.29, 0.717) is 0 Å². The van der Waals surface area contributed by atoms with Gasteiger partial charge in [-0.25, -0.2) is 0 Å². The third-order valence-corrected chi connectivity index (χ3v) is 10.2. The van der Waals surface area contributed by atoms with E-state index in [1.54, 1.807) is 0 Å². The van der Waals surface area contributed by atoms with E-state index < -0.39 is 0 Å².